The topological polar surface area (TPSA) is 78.6 Å². The molecular weight excluding hydrogens is 338 g/mol. The molecule has 0 aliphatic carbocycles. The summed E-state index contributed by atoms with van der Waals surface area (Å²) in [5.41, 5.74) is 5.57. The highest BCUT2D eigenvalue weighted by molar-refractivity contribution is 5.81. The molecule has 0 bridgehead atoms. The van der Waals surface area contributed by atoms with Crippen molar-refractivity contribution >= 4 is 11.0 Å². The molecule has 5 rings (SSSR count). The lowest BCUT2D eigenvalue weighted by molar-refractivity contribution is 0.414. The number of imidazole rings is 1. The van der Waals surface area contributed by atoms with Gasteiger partial charge in [-0.15, -0.1) is 0 Å². The van der Waals surface area contributed by atoms with Gasteiger partial charge >= 0.3 is 0 Å². The van der Waals surface area contributed by atoms with Crippen LogP contribution in [0.2, 0.25) is 0 Å². The van der Waals surface area contributed by atoms with Gasteiger partial charge in [-0.1, -0.05) is 18.2 Å². The Morgan fingerprint density at radius 2 is 1.85 bits per heavy atom. The SMILES string of the molecule is COc1ccc(C2CNC[C@@H]2c2nc3ccc(-c4cn[nH]c4)cc3[nH]2)cc1. The Hall–Kier alpha value is -3.12. The minimum Gasteiger partial charge on any atom is -0.497 e. The monoisotopic (exact) mass is 359 g/mol. The van der Waals surface area contributed by atoms with Gasteiger partial charge in [-0.3, -0.25) is 5.10 Å². The molecule has 2 aromatic carbocycles. The summed E-state index contributed by atoms with van der Waals surface area (Å²) < 4.78 is 5.28. The van der Waals surface area contributed by atoms with Gasteiger partial charge in [0.05, 0.1) is 24.3 Å². The molecule has 6 heteroatoms. The maximum atomic E-state index is 5.28. The molecule has 136 valence electrons. The molecule has 1 fully saturated rings. The van der Waals surface area contributed by atoms with E-state index >= 15 is 0 Å². The van der Waals surface area contributed by atoms with E-state index in [1.165, 1.54) is 5.56 Å². The minimum absolute atomic E-state index is 0.322. The maximum Gasteiger partial charge on any atom is 0.118 e. The number of fused-ring (bicyclic) bond motifs is 1. The number of H-pyrrole nitrogens is 2. The summed E-state index contributed by atoms with van der Waals surface area (Å²) in [7, 11) is 1.70. The van der Waals surface area contributed by atoms with Gasteiger partial charge in [-0.05, 0) is 35.4 Å². The quantitative estimate of drug-likeness (QED) is 0.522. The zero-order valence-electron chi connectivity index (χ0n) is 15.1. The molecule has 0 amide bonds. The summed E-state index contributed by atoms with van der Waals surface area (Å²) in [6.07, 6.45) is 3.73. The third kappa shape index (κ3) is 2.88. The van der Waals surface area contributed by atoms with Gasteiger partial charge in [0.1, 0.15) is 11.6 Å². The van der Waals surface area contributed by atoms with Gasteiger partial charge in [-0.25, -0.2) is 4.98 Å². The molecule has 1 saturated heterocycles. The number of hydrogen-bond acceptors (Lipinski definition) is 4. The zero-order valence-corrected chi connectivity index (χ0v) is 15.1. The van der Waals surface area contributed by atoms with Crippen LogP contribution in [0.3, 0.4) is 0 Å². The third-order valence-electron chi connectivity index (χ3n) is 5.44. The first kappa shape index (κ1) is 16.1. The Morgan fingerprint density at radius 1 is 1.00 bits per heavy atom. The average Bonchev–Trinajstić information content (AvgIpc) is 3.47. The van der Waals surface area contributed by atoms with Gasteiger partial charge in [0.2, 0.25) is 0 Å². The van der Waals surface area contributed by atoms with Crippen LogP contribution >= 0.6 is 0 Å². The Labute approximate surface area is 157 Å². The van der Waals surface area contributed by atoms with E-state index in [0.29, 0.717) is 11.8 Å². The van der Waals surface area contributed by atoms with Crippen molar-refractivity contribution in [3.8, 4) is 16.9 Å². The molecule has 6 nitrogen and oxygen atoms in total. The van der Waals surface area contributed by atoms with Crippen molar-refractivity contribution in [3.63, 3.8) is 0 Å². The Balaban J connectivity index is 1.48. The first-order chi connectivity index (χ1) is 13.3. The Bertz CT molecular complexity index is 1050. The van der Waals surface area contributed by atoms with Crippen LogP contribution in [-0.4, -0.2) is 40.4 Å². The van der Waals surface area contributed by atoms with E-state index in [0.717, 1.165) is 46.8 Å². The standard InChI is InChI=1S/C21H21N5O/c1-27-16-5-2-13(3-6-16)17-11-22-12-18(17)21-25-19-7-4-14(8-20(19)26-21)15-9-23-24-10-15/h2-10,17-18,22H,11-12H2,1H3,(H,23,24)(H,25,26)/t17?,18-/m0/s1. The fourth-order valence-corrected chi connectivity index (χ4v) is 3.96. The molecule has 2 aromatic heterocycles. The summed E-state index contributed by atoms with van der Waals surface area (Å²) in [6.45, 7) is 1.87. The minimum atomic E-state index is 0.322. The van der Waals surface area contributed by atoms with Crippen molar-refractivity contribution in [2.45, 2.75) is 11.8 Å². The summed E-state index contributed by atoms with van der Waals surface area (Å²) >= 11 is 0. The lowest BCUT2D eigenvalue weighted by atomic mass is 9.88. The van der Waals surface area contributed by atoms with E-state index in [2.05, 4.69) is 50.8 Å². The highest BCUT2D eigenvalue weighted by Crippen LogP contribution is 2.36. The van der Waals surface area contributed by atoms with E-state index in [4.69, 9.17) is 9.72 Å². The van der Waals surface area contributed by atoms with Gasteiger partial charge < -0.3 is 15.0 Å². The molecule has 1 aliphatic rings. The van der Waals surface area contributed by atoms with Crippen LogP contribution < -0.4 is 10.1 Å². The largest absolute Gasteiger partial charge is 0.497 e. The van der Waals surface area contributed by atoms with Crippen molar-refractivity contribution in [3.05, 3.63) is 66.2 Å². The van der Waals surface area contributed by atoms with Gasteiger partial charge in [0.25, 0.3) is 0 Å². The van der Waals surface area contributed by atoms with Gasteiger partial charge in [0.15, 0.2) is 0 Å². The van der Waals surface area contributed by atoms with Crippen LogP contribution in [0.5, 0.6) is 5.75 Å². The van der Waals surface area contributed by atoms with Crippen LogP contribution in [0.25, 0.3) is 22.2 Å². The summed E-state index contributed by atoms with van der Waals surface area (Å²) in [4.78, 5) is 8.44. The van der Waals surface area contributed by atoms with E-state index in [9.17, 15) is 0 Å². The highest BCUT2D eigenvalue weighted by atomic mass is 16.5. The predicted molar refractivity (Wildman–Crippen MR) is 105 cm³/mol. The fraction of sp³-hybridized carbons (Fsp3) is 0.238. The molecule has 1 unspecified atom stereocenters. The molecule has 0 saturated carbocycles. The van der Waals surface area contributed by atoms with Gasteiger partial charge in [-0.2, -0.15) is 5.10 Å². The van der Waals surface area contributed by atoms with E-state index < -0.39 is 0 Å². The van der Waals surface area contributed by atoms with Crippen molar-refractivity contribution < 1.29 is 4.74 Å². The van der Waals surface area contributed by atoms with Crippen LogP contribution in [0.15, 0.2) is 54.9 Å². The number of nitrogens with zero attached hydrogens (tertiary/aromatic N) is 2. The number of aromatic nitrogens is 4. The fourth-order valence-electron chi connectivity index (χ4n) is 3.96. The molecule has 2 atom stereocenters. The number of rotatable bonds is 4. The molecule has 0 spiro atoms. The van der Waals surface area contributed by atoms with Crippen LogP contribution in [0, 0.1) is 0 Å². The highest BCUT2D eigenvalue weighted by Gasteiger charge is 2.32. The molecule has 4 aromatic rings. The van der Waals surface area contributed by atoms with Crippen LogP contribution in [0.4, 0.5) is 0 Å². The smallest absolute Gasteiger partial charge is 0.118 e. The first-order valence-corrected chi connectivity index (χ1v) is 9.15. The lowest BCUT2D eigenvalue weighted by Gasteiger charge is -2.17. The maximum absolute atomic E-state index is 5.28. The van der Waals surface area contributed by atoms with Crippen LogP contribution in [-0.2, 0) is 0 Å². The third-order valence-corrected chi connectivity index (χ3v) is 5.44. The van der Waals surface area contributed by atoms with E-state index in [1.807, 2.05) is 24.5 Å². The zero-order chi connectivity index (χ0) is 18.2. The summed E-state index contributed by atoms with van der Waals surface area (Å²) in [5.74, 6) is 2.64. The van der Waals surface area contributed by atoms with Crippen molar-refractivity contribution in [2.24, 2.45) is 0 Å². The van der Waals surface area contributed by atoms with Crippen molar-refractivity contribution in [1.29, 1.82) is 0 Å². The van der Waals surface area contributed by atoms with Crippen LogP contribution in [0.1, 0.15) is 23.2 Å². The summed E-state index contributed by atoms with van der Waals surface area (Å²) in [6, 6.07) is 14.7. The number of benzene rings is 2. The average molecular weight is 359 g/mol. The molecule has 1 aliphatic heterocycles. The summed E-state index contributed by atoms with van der Waals surface area (Å²) in [5, 5.41) is 10.4. The lowest BCUT2D eigenvalue weighted by Crippen LogP contribution is -2.10. The Morgan fingerprint density at radius 3 is 2.63 bits per heavy atom. The normalized spacial score (nSPS) is 19.6. The predicted octanol–water partition coefficient (Wildman–Crippen LogP) is 3.43. The molecule has 0 radical (unpaired) electrons. The second-order valence-electron chi connectivity index (χ2n) is 6.99. The number of ether oxygens (including phenoxy) is 1. The molecule has 3 N–H and O–H groups in total. The molecule has 3 heterocycles. The number of methoxy groups -OCH3 is 1. The second kappa shape index (κ2) is 6.55. The second-order valence-corrected chi connectivity index (χ2v) is 6.99. The number of nitrogens with one attached hydrogen (secondary N) is 3. The molecular formula is C21H21N5O. The van der Waals surface area contributed by atoms with Gasteiger partial charge in [0, 0.05) is 36.7 Å². The van der Waals surface area contributed by atoms with E-state index in [1.54, 1.807) is 7.11 Å². The first-order valence-electron chi connectivity index (χ1n) is 9.15. The molecule has 27 heavy (non-hydrogen) atoms. The number of aromatic amines is 2. The Kier molecular flexibility index (Phi) is 3.90. The van der Waals surface area contributed by atoms with E-state index in [-0.39, 0.29) is 0 Å². The number of hydrogen-bond donors (Lipinski definition) is 3. The van der Waals surface area contributed by atoms with Crippen molar-refractivity contribution in [1.82, 2.24) is 25.5 Å². The van der Waals surface area contributed by atoms with Crippen molar-refractivity contribution in [2.75, 3.05) is 20.2 Å².